The monoisotopic (exact) mass is 404 g/mol. The van der Waals surface area contributed by atoms with Crippen LogP contribution in [0.5, 0.6) is 0 Å². The fourth-order valence-electron chi connectivity index (χ4n) is 2.91. The van der Waals surface area contributed by atoms with Gasteiger partial charge in [-0.25, -0.2) is 9.13 Å². The van der Waals surface area contributed by atoms with Gasteiger partial charge >= 0.3 is 0 Å². The van der Waals surface area contributed by atoms with Gasteiger partial charge in [0, 0.05) is 63.5 Å². The van der Waals surface area contributed by atoms with Crippen LogP contribution >= 0.6 is 12.4 Å². The van der Waals surface area contributed by atoms with Gasteiger partial charge in [-0.1, -0.05) is 0 Å². The zero-order chi connectivity index (χ0) is 15.4. The Hall–Kier alpha value is -0.910. The third kappa shape index (κ3) is 7.08. The first-order valence-corrected chi connectivity index (χ1v) is 8.06. The lowest BCUT2D eigenvalue weighted by molar-refractivity contribution is -0.671. The summed E-state index contributed by atoms with van der Waals surface area (Å²) in [6, 6.07) is 8.48. The van der Waals surface area contributed by atoms with E-state index in [4.69, 9.17) is 0 Å². The van der Waals surface area contributed by atoms with Crippen molar-refractivity contribution in [2.24, 2.45) is 14.1 Å². The highest BCUT2D eigenvalue weighted by Crippen LogP contribution is 2.15. The molecule has 3 saturated heterocycles. The first-order valence-electron chi connectivity index (χ1n) is 8.06. The van der Waals surface area contributed by atoms with Crippen LogP contribution in [-0.4, -0.2) is 49.1 Å². The molecule has 3 fully saturated rings. The molecule has 7 heteroatoms. The SMILES string of the molecule is C1CN2CCN1CC2.C[n+]1ccc(-c2cc[n+](C)cc2)cc1.Cl.[Cl-].[Cl-]. The van der Waals surface area contributed by atoms with Crippen LogP contribution in [0.4, 0.5) is 0 Å². The molecule has 2 bridgehead atoms. The number of aromatic nitrogens is 2. The molecular formula is C18H27Cl3N4. The van der Waals surface area contributed by atoms with Crippen LogP contribution in [0, 0.1) is 0 Å². The fraction of sp³-hybridized carbons (Fsp3) is 0.444. The van der Waals surface area contributed by atoms with E-state index in [2.05, 4.69) is 58.9 Å². The summed E-state index contributed by atoms with van der Waals surface area (Å²) in [7, 11) is 4.05. The lowest BCUT2D eigenvalue weighted by Gasteiger charge is -2.41. The maximum absolute atomic E-state index is 2.54. The van der Waals surface area contributed by atoms with E-state index in [0.717, 1.165) is 0 Å². The van der Waals surface area contributed by atoms with Gasteiger partial charge in [0.05, 0.1) is 0 Å². The number of hydrogen-bond donors (Lipinski definition) is 0. The summed E-state index contributed by atoms with van der Waals surface area (Å²) >= 11 is 0. The summed E-state index contributed by atoms with van der Waals surface area (Å²) in [5, 5.41) is 0. The zero-order valence-corrected chi connectivity index (χ0v) is 17.1. The number of fused-ring (bicyclic) bond motifs is 3. The Morgan fingerprint density at radius 2 is 0.840 bits per heavy atom. The summed E-state index contributed by atoms with van der Waals surface area (Å²) < 4.78 is 4.07. The third-order valence-corrected chi connectivity index (χ3v) is 4.49. The average molecular weight is 406 g/mol. The molecule has 2 aromatic rings. The highest BCUT2D eigenvalue weighted by Gasteiger charge is 2.21. The van der Waals surface area contributed by atoms with E-state index in [-0.39, 0.29) is 37.2 Å². The second kappa shape index (κ2) is 11.7. The molecule has 5 heterocycles. The summed E-state index contributed by atoms with van der Waals surface area (Å²) in [5.74, 6) is 0. The zero-order valence-electron chi connectivity index (χ0n) is 14.8. The molecule has 0 aromatic carbocycles. The molecule has 0 aliphatic carbocycles. The molecule has 140 valence electrons. The molecule has 0 N–H and O–H groups in total. The Bertz CT molecular complexity index is 530. The van der Waals surface area contributed by atoms with Crippen LogP contribution < -0.4 is 33.9 Å². The number of nitrogens with zero attached hydrogens (tertiary/aromatic N) is 4. The van der Waals surface area contributed by atoms with Crippen molar-refractivity contribution in [1.29, 1.82) is 0 Å². The molecule has 5 rings (SSSR count). The van der Waals surface area contributed by atoms with Crippen molar-refractivity contribution in [2.75, 3.05) is 39.3 Å². The predicted octanol–water partition coefficient (Wildman–Crippen LogP) is -4.95. The highest BCUT2D eigenvalue weighted by atomic mass is 35.5. The van der Waals surface area contributed by atoms with Crippen LogP contribution in [0.3, 0.4) is 0 Å². The number of halogens is 3. The minimum Gasteiger partial charge on any atom is -1.00 e. The minimum absolute atomic E-state index is 0. The first-order chi connectivity index (χ1) is 10.7. The van der Waals surface area contributed by atoms with Gasteiger partial charge in [0.2, 0.25) is 0 Å². The quantitative estimate of drug-likeness (QED) is 0.442. The molecule has 0 amide bonds. The van der Waals surface area contributed by atoms with Crippen molar-refractivity contribution in [2.45, 2.75) is 0 Å². The molecule has 0 radical (unpaired) electrons. The number of rotatable bonds is 1. The van der Waals surface area contributed by atoms with E-state index < -0.39 is 0 Å². The highest BCUT2D eigenvalue weighted by molar-refractivity contribution is 5.85. The molecule has 3 aliphatic heterocycles. The van der Waals surface area contributed by atoms with Crippen molar-refractivity contribution < 1.29 is 33.9 Å². The van der Waals surface area contributed by atoms with Crippen molar-refractivity contribution in [3.63, 3.8) is 0 Å². The van der Waals surface area contributed by atoms with E-state index in [1.165, 1.54) is 50.4 Å². The molecule has 0 spiro atoms. The molecule has 0 saturated carbocycles. The molecule has 3 aliphatic rings. The molecule has 2 aromatic heterocycles. The van der Waals surface area contributed by atoms with Crippen LogP contribution in [-0.2, 0) is 14.1 Å². The standard InChI is InChI=1S/C12H14N2.C6H12N2.3ClH/c1-13-7-3-11(4-8-13)12-5-9-14(2)10-6-12;1-2-8-5-3-7(1)4-6-8;;;/h3-10H,1-2H3;1-6H2;3*1H/q+2;;;;/p-2. The van der Waals surface area contributed by atoms with E-state index in [9.17, 15) is 0 Å². The van der Waals surface area contributed by atoms with Gasteiger partial charge in [0.1, 0.15) is 14.1 Å². The average Bonchev–Trinajstić information content (AvgIpc) is 2.59. The first kappa shape index (κ1) is 24.1. The Morgan fingerprint density at radius 3 is 1.04 bits per heavy atom. The maximum atomic E-state index is 2.54. The summed E-state index contributed by atoms with van der Waals surface area (Å²) in [5.41, 5.74) is 2.51. The van der Waals surface area contributed by atoms with Gasteiger partial charge in [-0.2, -0.15) is 0 Å². The second-order valence-electron chi connectivity index (χ2n) is 6.19. The summed E-state index contributed by atoms with van der Waals surface area (Å²) in [6.07, 6.45) is 8.23. The maximum Gasteiger partial charge on any atom is 0.169 e. The van der Waals surface area contributed by atoms with Gasteiger partial charge in [-0.15, -0.1) is 12.4 Å². The largest absolute Gasteiger partial charge is 1.00 e. The van der Waals surface area contributed by atoms with Crippen LogP contribution in [0.2, 0.25) is 0 Å². The van der Waals surface area contributed by atoms with Crippen molar-refractivity contribution in [3.8, 4) is 11.1 Å². The lowest BCUT2D eigenvalue weighted by Crippen LogP contribution is -3.00. The smallest absolute Gasteiger partial charge is 0.169 e. The molecule has 0 atom stereocenters. The predicted molar refractivity (Wildman–Crippen MR) is 94.4 cm³/mol. The molecule has 4 nitrogen and oxygen atoms in total. The van der Waals surface area contributed by atoms with Gasteiger partial charge in [0.25, 0.3) is 0 Å². The Morgan fingerprint density at radius 1 is 0.600 bits per heavy atom. The van der Waals surface area contributed by atoms with Crippen molar-refractivity contribution in [1.82, 2.24) is 9.80 Å². The molecule has 0 unspecified atom stereocenters. The minimum atomic E-state index is 0. The van der Waals surface area contributed by atoms with E-state index >= 15 is 0 Å². The third-order valence-electron chi connectivity index (χ3n) is 4.49. The Labute approximate surface area is 169 Å². The van der Waals surface area contributed by atoms with Gasteiger partial charge in [-0.3, -0.25) is 9.80 Å². The van der Waals surface area contributed by atoms with E-state index in [1.54, 1.807) is 0 Å². The van der Waals surface area contributed by atoms with Crippen molar-refractivity contribution >= 4 is 12.4 Å². The number of piperazine rings is 3. The fourth-order valence-corrected chi connectivity index (χ4v) is 2.91. The lowest BCUT2D eigenvalue weighted by atomic mass is 10.1. The van der Waals surface area contributed by atoms with Crippen molar-refractivity contribution in [3.05, 3.63) is 49.1 Å². The van der Waals surface area contributed by atoms with Crippen LogP contribution in [0.15, 0.2) is 49.1 Å². The second-order valence-corrected chi connectivity index (χ2v) is 6.19. The summed E-state index contributed by atoms with van der Waals surface area (Å²) in [6.45, 7) is 7.92. The van der Waals surface area contributed by atoms with Gasteiger partial charge < -0.3 is 24.8 Å². The molecule has 25 heavy (non-hydrogen) atoms. The summed E-state index contributed by atoms with van der Waals surface area (Å²) in [4.78, 5) is 5.08. The van der Waals surface area contributed by atoms with E-state index in [0.29, 0.717) is 0 Å². The van der Waals surface area contributed by atoms with E-state index in [1.807, 2.05) is 23.2 Å². The number of aryl methyl sites for hydroxylation is 2. The number of pyridine rings is 2. The number of hydrogen-bond acceptors (Lipinski definition) is 2. The van der Waals surface area contributed by atoms with Gasteiger partial charge in [-0.05, 0) is 11.1 Å². The molecular weight excluding hydrogens is 379 g/mol. The normalized spacial score (nSPS) is 20.1. The van der Waals surface area contributed by atoms with Crippen LogP contribution in [0.1, 0.15) is 0 Å². The Balaban J connectivity index is 0.000000454. The van der Waals surface area contributed by atoms with Gasteiger partial charge in [0.15, 0.2) is 24.8 Å². The topological polar surface area (TPSA) is 14.2 Å². The van der Waals surface area contributed by atoms with Crippen LogP contribution in [0.25, 0.3) is 11.1 Å². The Kier molecular flexibility index (Phi) is 11.2.